The van der Waals surface area contributed by atoms with Gasteiger partial charge in [0.1, 0.15) is 0 Å². The van der Waals surface area contributed by atoms with E-state index in [1.807, 2.05) is 18.4 Å². The highest BCUT2D eigenvalue weighted by Crippen LogP contribution is 2.21. The third-order valence-electron chi connectivity index (χ3n) is 4.60. The van der Waals surface area contributed by atoms with Crippen LogP contribution in [0.25, 0.3) is 0 Å². The largest absolute Gasteiger partial charge is 0.321 e. The number of carbonyl (C=O) groups excluding carboxylic acids is 1. The first-order valence-electron chi connectivity index (χ1n) is 8.60. The van der Waals surface area contributed by atoms with Crippen molar-refractivity contribution in [2.24, 2.45) is 0 Å². The van der Waals surface area contributed by atoms with Crippen molar-refractivity contribution < 1.29 is 13.2 Å². The Balaban J connectivity index is 1.69. The number of hydrogen-bond acceptors (Lipinski definition) is 5. The molecule has 8 heteroatoms. The van der Waals surface area contributed by atoms with Crippen LogP contribution >= 0.6 is 11.3 Å². The van der Waals surface area contributed by atoms with E-state index in [0.29, 0.717) is 23.7 Å². The molecular weight excluding hydrogens is 370 g/mol. The fraction of sp³-hybridized carbons (Fsp3) is 0.389. The van der Waals surface area contributed by atoms with Gasteiger partial charge in [-0.3, -0.25) is 4.79 Å². The number of hydrogen-bond donors (Lipinski definition) is 1. The molecule has 1 aromatic heterocycles. The monoisotopic (exact) mass is 393 g/mol. The van der Waals surface area contributed by atoms with Gasteiger partial charge in [0.15, 0.2) is 0 Å². The Morgan fingerprint density at radius 2 is 1.77 bits per heavy atom. The van der Waals surface area contributed by atoms with Gasteiger partial charge in [-0.05, 0) is 54.7 Å². The number of rotatable bonds is 5. The van der Waals surface area contributed by atoms with Crippen LogP contribution < -0.4 is 5.32 Å². The lowest BCUT2D eigenvalue weighted by molar-refractivity contribution is 0.103. The third-order valence-corrected chi connectivity index (χ3v) is 7.52. The lowest BCUT2D eigenvalue weighted by Crippen LogP contribution is -2.48. The maximum Gasteiger partial charge on any atom is 0.265 e. The summed E-state index contributed by atoms with van der Waals surface area (Å²) in [6, 6.07) is 8.27. The molecule has 1 aliphatic rings. The maximum atomic E-state index is 12.8. The van der Waals surface area contributed by atoms with Crippen LogP contribution in [-0.2, 0) is 10.0 Å². The Hall–Kier alpha value is -1.74. The number of anilines is 1. The number of carbonyl (C=O) groups is 1. The Morgan fingerprint density at radius 3 is 2.31 bits per heavy atom. The minimum atomic E-state index is -3.49. The van der Waals surface area contributed by atoms with Crippen molar-refractivity contribution in [2.45, 2.75) is 18.7 Å². The number of sulfonamides is 1. The first-order chi connectivity index (χ1) is 12.4. The lowest BCUT2D eigenvalue weighted by atomic mass is 10.2. The molecule has 3 rings (SSSR count). The minimum absolute atomic E-state index is 0.177. The molecule has 26 heavy (non-hydrogen) atoms. The number of nitrogens with zero attached hydrogens (tertiary/aromatic N) is 2. The van der Waals surface area contributed by atoms with E-state index in [0.717, 1.165) is 25.2 Å². The van der Waals surface area contributed by atoms with Crippen LogP contribution in [0.5, 0.6) is 0 Å². The van der Waals surface area contributed by atoms with E-state index in [1.54, 1.807) is 24.3 Å². The van der Waals surface area contributed by atoms with Crippen LogP contribution in [0, 0.1) is 6.92 Å². The molecule has 2 heterocycles. The minimum Gasteiger partial charge on any atom is -0.321 e. The quantitative estimate of drug-likeness (QED) is 0.848. The molecule has 0 radical (unpaired) electrons. The van der Waals surface area contributed by atoms with Gasteiger partial charge in [0.25, 0.3) is 5.91 Å². The lowest BCUT2D eigenvalue weighted by Gasteiger charge is -2.33. The Bertz CT molecular complexity index is 867. The molecule has 1 aromatic carbocycles. The van der Waals surface area contributed by atoms with E-state index in [9.17, 15) is 13.2 Å². The Labute approximate surface area is 158 Å². The SMILES string of the molecule is CCN1CCN(S(=O)(=O)c2ccc(NC(=O)c3sccc3C)cc2)CC1. The zero-order valence-electron chi connectivity index (χ0n) is 14.9. The molecule has 1 aliphatic heterocycles. The van der Waals surface area contributed by atoms with Gasteiger partial charge >= 0.3 is 0 Å². The fourth-order valence-electron chi connectivity index (χ4n) is 2.94. The highest BCUT2D eigenvalue weighted by molar-refractivity contribution is 7.89. The molecule has 0 spiro atoms. The molecule has 0 saturated carbocycles. The summed E-state index contributed by atoms with van der Waals surface area (Å²) >= 11 is 1.39. The molecule has 140 valence electrons. The molecule has 0 aliphatic carbocycles. The summed E-state index contributed by atoms with van der Waals surface area (Å²) in [5.74, 6) is -0.177. The molecule has 1 saturated heterocycles. The highest BCUT2D eigenvalue weighted by atomic mass is 32.2. The molecule has 6 nitrogen and oxygen atoms in total. The van der Waals surface area contributed by atoms with Gasteiger partial charge in [0.05, 0.1) is 9.77 Å². The van der Waals surface area contributed by atoms with Crippen LogP contribution in [-0.4, -0.2) is 56.3 Å². The van der Waals surface area contributed by atoms with Crippen LogP contribution in [0.3, 0.4) is 0 Å². The Morgan fingerprint density at radius 1 is 1.12 bits per heavy atom. The summed E-state index contributed by atoms with van der Waals surface area (Å²) in [4.78, 5) is 15.4. The van der Waals surface area contributed by atoms with Gasteiger partial charge in [-0.25, -0.2) is 8.42 Å². The predicted octanol–water partition coefficient (Wildman–Crippen LogP) is 2.64. The van der Waals surface area contributed by atoms with Crippen LogP contribution in [0.1, 0.15) is 22.2 Å². The molecule has 0 bridgehead atoms. The zero-order valence-corrected chi connectivity index (χ0v) is 16.6. The standard InChI is InChI=1S/C18H23N3O3S2/c1-3-20-9-11-21(12-10-20)26(23,24)16-6-4-15(5-7-16)19-18(22)17-14(2)8-13-25-17/h4-8,13H,3,9-12H2,1-2H3,(H,19,22). The van der Waals surface area contributed by atoms with E-state index < -0.39 is 10.0 Å². The molecule has 2 aromatic rings. The molecule has 1 N–H and O–H groups in total. The van der Waals surface area contributed by atoms with Crippen molar-refractivity contribution >= 4 is 33.0 Å². The van der Waals surface area contributed by atoms with Crippen molar-refractivity contribution in [3.8, 4) is 0 Å². The van der Waals surface area contributed by atoms with Gasteiger partial charge in [-0.1, -0.05) is 6.92 Å². The smallest absolute Gasteiger partial charge is 0.265 e. The Kier molecular flexibility index (Phi) is 5.76. The van der Waals surface area contributed by atoms with Gasteiger partial charge in [0.2, 0.25) is 10.0 Å². The first-order valence-corrected chi connectivity index (χ1v) is 10.9. The van der Waals surface area contributed by atoms with Gasteiger partial charge < -0.3 is 10.2 Å². The topological polar surface area (TPSA) is 69.7 Å². The molecule has 0 unspecified atom stereocenters. The van der Waals surface area contributed by atoms with E-state index >= 15 is 0 Å². The molecule has 0 atom stereocenters. The average Bonchev–Trinajstić information content (AvgIpc) is 3.08. The van der Waals surface area contributed by atoms with E-state index in [2.05, 4.69) is 17.1 Å². The van der Waals surface area contributed by atoms with Crippen LogP contribution in [0.15, 0.2) is 40.6 Å². The van der Waals surface area contributed by atoms with Crippen molar-refractivity contribution in [3.63, 3.8) is 0 Å². The van der Waals surface area contributed by atoms with Crippen molar-refractivity contribution in [1.82, 2.24) is 9.21 Å². The van der Waals surface area contributed by atoms with Gasteiger partial charge in [-0.2, -0.15) is 4.31 Å². The summed E-state index contributed by atoms with van der Waals surface area (Å²) < 4.78 is 27.1. The van der Waals surface area contributed by atoms with Crippen LogP contribution in [0.4, 0.5) is 5.69 Å². The molecule has 1 amide bonds. The van der Waals surface area contributed by atoms with Crippen molar-refractivity contribution in [1.29, 1.82) is 0 Å². The van der Waals surface area contributed by atoms with Gasteiger partial charge in [0, 0.05) is 31.9 Å². The third kappa shape index (κ3) is 3.98. The second kappa shape index (κ2) is 7.87. The normalized spacial score (nSPS) is 16.5. The predicted molar refractivity (Wildman–Crippen MR) is 104 cm³/mol. The fourth-order valence-corrected chi connectivity index (χ4v) is 5.18. The number of aryl methyl sites for hydroxylation is 1. The second-order valence-electron chi connectivity index (χ2n) is 6.25. The van der Waals surface area contributed by atoms with E-state index in [4.69, 9.17) is 0 Å². The number of amides is 1. The number of benzene rings is 1. The summed E-state index contributed by atoms with van der Waals surface area (Å²) in [5.41, 5.74) is 1.51. The first kappa shape index (κ1) is 19.0. The van der Waals surface area contributed by atoms with Gasteiger partial charge in [-0.15, -0.1) is 11.3 Å². The van der Waals surface area contributed by atoms with Crippen LogP contribution in [0.2, 0.25) is 0 Å². The summed E-state index contributed by atoms with van der Waals surface area (Å²) in [5, 5.41) is 4.69. The summed E-state index contributed by atoms with van der Waals surface area (Å²) in [7, 11) is -3.49. The second-order valence-corrected chi connectivity index (χ2v) is 9.10. The number of likely N-dealkylation sites (N-methyl/N-ethyl adjacent to an activating group) is 1. The van der Waals surface area contributed by atoms with E-state index in [1.165, 1.54) is 15.6 Å². The number of thiophene rings is 1. The average molecular weight is 394 g/mol. The maximum absolute atomic E-state index is 12.8. The number of piperazine rings is 1. The van der Waals surface area contributed by atoms with Crippen molar-refractivity contribution in [3.05, 3.63) is 46.2 Å². The summed E-state index contributed by atoms with van der Waals surface area (Å²) in [6.07, 6.45) is 0. The number of nitrogens with one attached hydrogen (secondary N) is 1. The zero-order chi connectivity index (χ0) is 18.7. The molecule has 1 fully saturated rings. The highest BCUT2D eigenvalue weighted by Gasteiger charge is 2.27. The summed E-state index contributed by atoms with van der Waals surface area (Å²) in [6.45, 7) is 7.42. The van der Waals surface area contributed by atoms with E-state index in [-0.39, 0.29) is 10.8 Å². The molecular formula is C18H23N3O3S2. The van der Waals surface area contributed by atoms with Crippen molar-refractivity contribution in [2.75, 3.05) is 38.0 Å².